The Morgan fingerprint density at radius 2 is 2.33 bits per heavy atom. The van der Waals surface area contributed by atoms with Gasteiger partial charge in [-0.2, -0.15) is 0 Å². The summed E-state index contributed by atoms with van der Waals surface area (Å²) >= 11 is 0. The summed E-state index contributed by atoms with van der Waals surface area (Å²) in [5.41, 5.74) is 0. The zero-order valence-corrected chi connectivity index (χ0v) is 4.33. The van der Waals surface area contributed by atoms with Gasteiger partial charge < -0.3 is 5.32 Å². The van der Waals surface area contributed by atoms with E-state index in [4.69, 9.17) is 0 Å². The lowest BCUT2D eigenvalue weighted by Gasteiger charge is -1.91. The van der Waals surface area contributed by atoms with Gasteiger partial charge in [0.05, 0.1) is 0 Å². The van der Waals surface area contributed by atoms with Crippen LogP contribution >= 0.6 is 0 Å². The van der Waals surface area contributed by atoms with Gasteiger partial charge in [0.1, 0.15) is 0 Å². The number of hydrogen-bond acceptors (Lipinski definition) is 1. The zero-order chi connectivity index (χ0) is 4.83. The van der Waals surface area contributed by atoms with E-state index in [0.717, 1.165) is 13.1 Å². The van der Waals surface area contributed by atoms with Gasteiger partial charge in [0.2, 0.25) is 0 Å². The van der Waals surface area contributed by atoms with Gasteiger partial charge in [0, 0.05) is 0 Å². The lowest BCUT2D eigenvalue weighted by atomic mass is 10.5. The van der Waals surface area contributed by atoms with Crippen LogP contribution in [-0.2, 0) is 0 Å². The minimum Gasteiger partial charge on any atom is -0.317 e. The summed E-state index contributed by atoms with van der Waals surface area (Å²) < 4.78 is 0. The molecule has 37 valence electrons. The van der Waals surface area contributed by atoms with Gasteiger partial charge in [-0.05, 0) is 26.4 Å². The molecule has 0 bridgehead atoms. The largest absolute Gasteiger partial charge is 0.317 e. The molecular formula is C5H12N. The predicted octanol–water partition coefficient (Wildman–Crippen LogP) is 0.820. The molecule has 1 heteroatoms. The van der Waals surface area contributed by atoms with E-state index in [2.05, 4.69) is 19.2 Å². The Bertz CT molecular complexity index is 15.9. The van der Waals surface area contributed by atoms with Gasteiger partial charge in [-0.15, -0.1) is 0 Å². The molecular weight excluding hydrogens is 74.1 g/mol. The van der Waals surface area contributed by atoms with Crippen molar-refractivity contribution in [1.29, 1.82) is 0 Å². The lowest BCUT2D eigenvalue weighted by molar-refractivity contribution is 0.728. The van der Waals surface area contributed by atoms with E-state index in [1.807, 2.05) is 0 Å². The van der Waals surface area contributed by atoms with Crippen LogP contribution in [0.4, 0.5) is 0 Å². The summed E-state index contributed by atoms with van der Waals surface area (Å²) in [5.74, 6) is 0. The molecule has 0 aromatic heterocycles. The first-order chi connectivity index (χ1) is 2.91. The second kappa shape index (κ2) is 4.96. The summed E-state index contributed by atoms with van der Waals surface area (Å²) in [6.45, 7) is 7.71. The van der Waals surface area contributed by atoms with Crippen LogP contribution < -0.4 is 5.32 Å². The van der Waals surface area contributed by atoms with Crippen molar-refractivity contribution in [3.8, 4) is 0 Å². The van der Waals surface area contributed by atoms with Crippen molar-refractivity contribution in [3.05, 3.63) is 6.92 Å². The molecule has 0 fully saturated rings. The molecule has 0 spiro atoms. The van der Waals surface area contributed by atoms with Gasteiger partial charge in [-0.1, -0.05) is 6.92 Å². The molecule has 0 amide bonds. The van der Waals surface area contributed by atoms with Crippen molar-refractivity contribution >= 4 is 0 Å². The van der Waals surface area contributed by atoms with E-state index in [1.54, 1.807) is 0 Å². The normalized spacial score (nSPS) is 9.00. The second-order valence-electron chi connectivity index (χ2n) is 1.25. The lowest BCUT2D eigenvalue weighted by Crippen LogP contribution is -2.12. The molecule has 0 saturated heterocycles. The Balaban J connectivity index is 2.34. The summed E-state index contributed by atoms with van der Waals surface area (Å²) in [5, 5.41) is 3.09. The third-order valence-electron chi connectivity index (χ3n) is 0.604. The number of nitrogens with one attached hydrogen (secondary N) is 1. The predicted molar refractivity (Wildman–Crippen MR) is 28.5 cm³/mol. The molecule has 1 nitrogen and oxygen atoms in total. The average molecular weight is 86.2 g/mol. The summed E-state index contributed by atoms with van der Waals surface area (Å²) in [4.78, 5) is 0. The minimum atomic E-state index is 0.855. The molecule has 0 unspecified atom stereocenters. The summed E-state index contributed by atoms with van der Waals surface area (Å²) in [6.07, 6.45) is 1.20. The fraction of sp³-hybridized carbons (Fsp3) is 0.800. The molecule has 6 heavy (non-hydrogen) atoms. The van der Waals surface area contributed by atoms with E-state index in [1.165, 1.54) is 6.42 Å². The molecule has 0 heterocycles. The maximum absolute atomic E-state index is 3.61. The van der Waals surface area contributed by atoms with Gasteiger partial charge in [-0.3, -0.25) is 0 Å². The summed E-state index contributed by atoms with van der Waals surface area (Å²) in [7, 11) is 0. The maximum atomic E-state index is 3.61. The first-order valence-corrected chi connectivity index (χ1v) is 2.41. The van der Waals surface area contributed by atoms with E-state index < -0.39 is 0 Å². The Morgan fingerprint density at radius 3 is 2.50 bits per heavy atom. The highest BCUT2D eigenvalue weighted by molar-refractivity contribution is 4.43. The molecule has 0 aliphatic heterocycles. The first kappa shape index (κ1) is 5.96. The van der Waals surface area contributed by atoms with Crippen LogP contribution in [-0.4, -0.2) is 13.1 Å². The quantitative estimate of drug-likeness (QED) is 0.501. The molecule has 0 rings (SSSR count). The standard InChI is InChI=1S/C5H12N/c1-3-5-6-4-2/h6H,2-5H2,1H3. The fourth-order valence-electron chi connectivity index (χ4n) is 0.302. The van der Waals surface area contributed by atoms with Gasteiger partial charge in [0.25, 0.3) is 0 Å². The van der Waals surface area contributed by atoms with Crippen molar-refractivity contribution in [2.24, 2.45) is 0 Å². The third kappa shape index (κ3) is 3.96. The van der Waals surface area contributed by atoms with Crippen LogP contribution in [0.15, 0.2) is 0 Å². The van der Waals surface area contributed by atoms with Crippen molar-refractivity contribution in [1.82, 2.24) is 5.32 Å². The molecule has 0 aromatic carbocycles. The van der Waals surface area contributed by atoms with Crippen molar-refractivity contribution < 1.29 is 0 Å². The highest BCUT2D eigenvalue weighted by atomic mass is 14.8. The van der Waals surface area contributed by atoms with Crippen molar-refractivity contribution in [2.45, 2.75) is 13.3 Å². The van der Waals surface area contributed by atoms with Crippen LogP contribution in [0, 0.1) is 6.92 Å². The van der Waals surface area contributed by atoms with E-state index in [9.17, 15) is 0 Å². The SMILES string of the molecule is [CH2]CNCCC. The van der Waals surface area contributed by atoms with E-state index in [0.29, 0.717) is 0 Å². The Hall–Kier alpha value is -0.0400. The molecule has 0 aliphatic carbocycles. The maximum Gasteiger partial charge on any atom is -0.00484 e. The Kier molecular flexibility index (Phi) is 4.93. The number of hydrogen-bond donors (Lipinski definition) is 1. The van der Waals surface area contributed by atoms with Crippen LogP contribution in [0.2, 0.25) is 0 Å². The summed E-state index contributed by atoms with van der Waals surface area (Å²) in [6, 6.07) is 0. The Morgan fingerprint density at radius 1 is 1.67 bits per heavy atom. The number of rotatable bonds is 3. The average Bonchev–Trinajstić information content (AvgIpc) is 1.61. The van der Waals surface area contributed by atoms with Crippen LogP contribution in [0.25, 0.3) is 0 Å². The van der Waals surface area contributed by atoms with Crippen molar-refractivity contribution in [2.75, 3.05) is 13.1 Å². The molecule has 0 aliphatic rings. The molecule has 0 aromatic rings. The van der Waals surface area contributed by atoms with Gasteiger partial charge in [0.15, 0.2) is 0 Å². The first-order valence-electron chi connectivity index (χ1n) is 2.41. The van der Waals surface area contributed by atoms with Crippen molar-refractivity contribution in [3.63, 3.8) is 0 Å². The monoisotopic (exact) mass is 86.1 g/mol. The van der Waals surface area contributed by atoms with Gasteiger partial charge >= 0.3 is 0 Å². The third-order valence-corrected chi connectivity index (χ3v) is 0.604. The molecule has 1 radical (unpaired) electrons. The van der Waals surface area contributed by atoms with Crippen LogP contribution in [0.3, 0.4) is 0 Å². The fourth-order valence-corrected chi connectivity index (χ4v) is 0.302. The minimum absolute atomic E-state index is 0.855. The zero-order valence-electron chi connectivity index (χ0n) is 4.33. The topological polar surface area (TPSA) is 12.0 Å². The molecule has 0 saturated carbocycles. The smallest absolute Gasteiger partial charge is 0.00484 e. The van der Waals surface area contributed by atoms with Crippen LogP contribution in [0.5, 0.6) is 0 Å². The van der Waals surface area contributed by atoms with Crippen LogP contribution in [0.1, 0.15) is 13.3 Å². The van der Waals surface area contributed by atoms with Gasteiger partial charge in [-0.25, -0.2) is 0 Å². The van der Waals surface area contributed by atoms with E-state index in [-0.39, 0.29) is 0 Å². The second-order valence-corrected chi connectivity index (χ2v) is 1.25. The highest BCUT2D eigenvalue weighted by Gasteiger charge is 1.71. The Labute approximate surface area is 39.7 Å². The molecule has 1 N–H and O–H groups in total. The molecule has 0 atom stereocenters. The highest BCUT2D eigenvalue weighted by Crippen LogP contribution is 1.65. The van der Waals surface area contributed by atoms with E-state index >= 15 is 0 Å².